The maximum absolute atomic E-state index is 13.4. The number of carbonyl (C=O) groups is 1. The fourth-order valence-electron chi connectivity index (χ4n) is 3.64. The Morgan fingerprint density at radius 1 is 0.903 bits per heavy atom. The van der Waals surface area contributed by atoms with E-state index in [4.69, 9.17) is 18.9 Å². The molecule has 1 N–H and O–H groups in total. The predicted octanol–water partition coefficient (Wildman–Crippen LogP) is 4.82. The van der Waals surface area contributed by atoms with Crippen molar-refractivity contribution >= 4 is 11.9 Å². The van der Waals surface area contributed by atoms with Crippen LogP contribution >= 0.6 is 0 Å². The van der Waals surface area contributed by atoms with E-state index in [1.807, 2.05) is 30.3 Å². The molecule has 0 radical (unpaired) electrons. The lowest BCUT2D eigenvalue weighted by atomic mass is 9.89. The van der Waals surface area contributed by atoms with Gasteiger partial charge >= 0.3 is 0 Å². The number of rotatable bonds is 5. The van der Waals surface area contributed by atoms with Gasteiger partial charge in [0, 0.05) is 5.57 Å². The number of ether oxygens (including phenoxy) is 4. The summed E-state index contributed by atoms with van der Waals surface area (Å²) < 4.78 is 22.5. The van der Waals surface area contributed by atoms with Crippen LogP contribution in [-0.4, -0.2) is 32.2 Å². The second kappa shape index (κ2) is 8.44. The van der Waals surface area contributed by atoms with Gasteiger partial charge in [-0.3, -0.25) is 4.79 Å². The van der Waals surface area contributed by atoms with Gasteiger partial charge in [-0.15, -0.1) is 0 Å². The molecule has 0 saturated heterocycles. The molecule has 1 atom stereocenters. The van der Waals surface area contributed by atoms with Crippen molar-refractivity contribution in [1.29, 1.82) is 0 Å². The van der Waals surface area contributed by atoms with Crippen LogP contribution < -0.4 is 18.9 Å². The Balaban J connectivity index is 1.89. The normalized spacial score (nSPS) is 16.4. The van der Waals surface area contributed by atoms with E-state index in [2.05, 4.69) is 0 Å². The molecule has 0 fully saturated rings. The summed E-state index contributed by atoms with van der Waals surface area (Å²) in [5.41, 5.74) is 2.27. The van der Waals surface area contributed by atoms with E-state index in [0.29, 0.717) is 39.7 Å². The molecule has 0 spiro atoms. The molecule has 3 aromatic carbocycles. The first-order chi connectivity index (χ1) is 15.0. The van der Waals surface area contributed by atoms with Gasteiger partial charge in [-0.1, -0.05) is 30.3 Å². The number of methoxy groups -OCH3 is 3. The maximum atomic E-state index is 13.4. The van der Waals surface area contributed by atoms with Crippen molar-refractivity contribution in [3.8, 4) is 28.7 Å². The van der Waals surface area contributed by atoms with Crippen LogP contribution in [0, 0.1) is 0 Å². The number of aromatic hydroxyl groups is 1. The number of fused-ring (bicyclic) bond motifs is 1. The molecule has 1 aliphatic rings. The summed E-state index contributed by atoms with van der Waals surface area (Å²) in [5, 5.41) is 9.89. The van der Waals surface area contributed by atoms with Crippen molar-refractivity contribution in [1.82, 2.24) is 0 Å². The Labute approximate surface area is 180 Å². The lowest BCUT2D eigenvalue weighted by Crippen LogP contribution is -2.23. The van der Waals surface area contributed by atoms with Crippen molar-refractivity contribution in [2.75, 3.05) is 21.3 Å². The highest BCUT2D eigenvalue weighted by Crippen LogP contribution is 2.42. The molecule has 0 amide bonds. The minimum atomic E-state index is -0.607. The molecule has 158 valence electrons. The van der Waals surface area contributed by atoms with E-state index in [0.717, 1.165) is 5.56 Å². The van der Waals surface area contributed by atoms with Crippen LogP contribution in [0.3, 0.4) is 0 Å². The lowest BCUT2D eigenvalue weighted by molar-refractivity contribution is 0.0963. The molecule has 0 aromatic heterocycles. The van der Waals surface area contributed by atoms with Crippen LogP contribution in [0.4, 0.5) is 0 Å². The van der Waals surface area contributed by atoms with Crippen LogP contribution in [0.5, 0.6) is 28.7 Å². The van der Waals surface area contributed by atoms with Crippen molar-refractivity contribution in [3.63, 3.8) is 0 Å². The van der Waals surface area contributed by atoms with E-state index in [9.17, 15) is 9.90 Å². The largest absolute Gasteiger partial charge is 0.508 e. The van der Waals surface area contributed by atoms with Crippen molar-refractivity contribution in [3.05, 3.63) is 82.9 Å². The van der Waals surface area contributed by atoms with Crippen molar-refractivity contribution in [2.45, 2.75) is 6.10 Å². The van der Waals surface area contributed by atoms with Gasteiger partial charge in [0.1, 0.15) is 11.5 Å². The third kappa shape index (κ3) is 3.80. The summed E-state index contributed by atoms with van der Waals surface area (Å²) in [6, 6.07) is 17.6. The van der Waals surface area contributed by atoms with Gasteiger partial charge in [-0.05, 0) is 47.5 Å². The number of hydrogen-bond acceptors (Lipinski definition) is 6. The van der Waals surface area contributed by atoms with E-state index < -0.39 is 6.10 Å². The van der Waals surface area contributed by atoms with Gasteiger partial charge in [0.2, 0.25) is 5.75 Å². The SMILES string of the molecule is COc1cc(/C=C2\C(=O)c3cc(O)ccc3OC2c2ccccc2)cc(OC)c1OC. The minimum absolute atomic E-state index is 0.000923. The Kier molecular flexibility index (Phi) is 5.54. The van der Waals surface area contributed by atoms with Gasteiger partial charge in [0.05, 0.1) is 26.9 Å². The fraction of sp³-hybridized carbons (Fsp3) is 0.160. The number of Topliss-reactive ketones (excluding diaryl/α,β-unsaturated/α-hetero) is 1. The molecule has 4 rings (SSSR count). The van der Waals surface area contributed by atoms with Crippen LogP contribution in [0.2, 0.25) is 0 Å². The summed E-state index contributed by atoms with van der Waals surface area (Å²) in [6.45, 7) is 0. The summed E-state index contributed by atoms with van der Waals surface area (Å²) >= 11 is 0. The first-order valence-corrected chi connectivity index (χ1v) is 9.66. The Bertz CT molecular complexity index is 1120. The molecule has 0 saturated carbocycles. The van der Waals surface area contributed by atoms with E-state index in [1.165, 1.54) is 33.5 Å². The molecule has 3 aromatic rings. The van der Waals surface area contributed by atoms with Gasteiger partial charge in [-0.2, -0.15) is 0 Å². The summed E-state index contributed by atoms with van der Waals surface area (Å²) in [4.78, 5) is 13.4. The quantitative estimate of drug-likeness (QED) is 0.599. The number of carbonyl (C=O) groups excluding carboxylic acids is 1. The third-order valence-corrected chi connectivity index (χ3v) is 5.11. The molecular formula is C25H22O6. The van der Waals surface area contributed by atoms with E-state index >= 15 is 0 Å². The Morgan fingerprint density at radius 2 is 1.58 bits per heavy atom. The fourth-order valence-corrected chi connectivity index (χ4v) is 3.64. The number of phenols is 1. The molecule has 6 nitrogen and oxygen atoms in total. The second-order valence-electron chi connectivity index (χ2n) is 6.98. The Morgan fingerprint density at radius 3 is 2.19 bits per heavy atom. The highest BCUT2D eigenvalue weighted by atomic mass is 16.5. The molecular weight excluding hydrogens is 396 g/mol. The summed E-state index contributed by atoms with van der Waals surface area (Å²) in [5.74, 6) is 1.63. The molecule has 31 heavy (non-hydrogen) atoms. The van der Waals surface area contributed by atoms with Crippen LogP contribution in [-0.2, 0) is 0 Å². The second-order valence-corrected chi connectivity index (χ2v) is 6.98. The first-order valence-electron chi connectivity index (χ1n) is 9.66. The van der Waals surface area contributed by atoms with Crippen molar-refractivity contribution < 1.29 is 28.8 Å². The van der Waals surface area contributed by atoms with E-state index in [-0.39, 0.29) is 11.5 Å². The standard InChI is InChI=1S/C25H22O6/c1-28-21-12-15(13-22(29-2)25(21)30-3)11-19-23(27)18-14-17(26)9-10-20(18)31-24(19)16-7-5-4-6-8-16/h4-14,24,26H,1-3H3/b19-11+. The first kappa shape index (κ1) is 20.3. The molecule has 0 aliphatic carbocycles. The van der Waals surface area contributed by atoms with Gasteiger partial charge in [-0.25, -0.2) is 0 Å². The average molecular weight is 418 g/mol. The summed E-state index contributed by atoms with van der Waals surface area (Å²) in [6.07, 6.45) is 1.14. The highest BCUT2D eigenvalue weighted by molar-refractivity contribution is 6.15. The molecule has 1 unspecified atom stereocenters. The smallest absolute Gasteiger partial charge is 0.203 e. The molecule has 1 heterocycles. The van der Waals surface area contributed by atoms with Crippen molar-refractivity contribution in [2.24, 2.45) is 0 Å². The third-order valence-electron chi connectivity index (χ3n) is 5.11. The van der Waals surface area contributed by atoms with Crippen LogP contribution in [0.1, 0.15) is 27.6 Å². The van der Waals surface area contributed by atoms with Crippen LogP contribution in [0.25, 0.3) is 6.08 Å². The van der Waals surface area contributed by atoms with Gasteiger partial charge < -0.3 is 24.1 Å². The number of benzene rings is 3. The zero-order valence-corrected chi connectivity index (χ0v) is 17.4. The number of phenolic OH excluding ortho intramolecular Hbond substituents is 1. The molecule has 6 heteroatoms. The summed E-state index contributed by atoms with van der Waals surface area (Å²) in [7, 11) is 4.61. The van der Waals surface area contributed by atoms with Gasteiger partial charge in [0.15, 0.2) is 23.4 Å². The average Bonchev–Trinajstić information content (AvgIpc) is 2.80. The lowest BCUT2D eigenvalue weighted by Gasteiger charge is -2.28. The predicted molar refractivity (Wildman–Crippen MR) is 116 cm³/mol. The topological polar surface area (TPSA) is 74.2 Å². The highest BCUT2D eigenvalue weighted by Gasteiger charge is 2.33. The van der Waals surface area contributed by atoms with Gasteiger partial charge in [0.25, 0.3) is 0 Å². The number of hydrogen-bond donors (Lipinski definition) is 1. The zero-order chi connectivity index (χ0) is 22.0. The molecule has 0 bridgehead atoms. The monoisotopic (exact) mass is 418 g/mol. The molecule has 1 aliphatic heterocycles. The zero-order valence-electron chi connectivity index (χ0n) is 17.4. The maximum Gasteiger partial charge on any atom is 0.203 e. The van der Waals surface area contributed by atoms with E-state index in [1.54, 1.807) is 24.3 Å². The Hall–Kier alpha value is -3.93. The van der Waals surface area contributed by atoms with Crippen LogP contribution in [0.15, 0.2) is 66.2 Å². The number of ketones is 1. The minimum Gasteiger partial charge on any atom is -0.508 e.